The van der Waals surface area contributed by atoms with Crippen LogP contribution in [0.15, 0.2) is 0 Å². The van der Waals surface area contributed by atoms with E-state index in [0.29, 0.717) is 11.5 Å². The van der Waals surface area contributed by atoms with Gasteiger partial charge in [-0.25, -0.2) is 0 Å². The molecule has 1 heterocycles. The first-order chi connectivity index (χ1) is 9.74. The van der Waals surface area contributed by atoms with Gasteiger partial charge in [0, 0.05) is 24.6 Å². The molecule has 3 unspecified atom stereocenters. The van der Waals surface area contributed by atoms with Crippen LogP contribution >= 0.6 is 0 Å². The van der Waals surface area contributed by atoms with E-state index in [1.165, 1.54) is 64.6 Å². The zero-order valence-electron chi connectivity index (χ0n) is 13.4. The Bertz CT molecular complexity index is 314. The van der Waals surface area contributed by atoms with Gasteiger partial charge in [0.2, 0.25) is 0 Å². The van der Waals surface area contributed by atoms with Gasteiger partial charge >= 0.3 is 0 Å². The predicted octanol–water partition coefficient (Wildman–Crippen LogP) is 2.66. The highest BCUT2D eigenvalue weighted by molar-refractivity contribution is 5.10. The lowest BCUT2D eigenvalue weighted by Gasteiger charge is -2.54. The molecule has 0 amide bonds. The van der Waals surface area contributed by atoms with Crippen LogP contribution in [0, 0.1) is 11.3 Å². The smallest absolute Gasteiger partial charge is 0.0661 e. The molecule has 2 aliphatic carbocycles. The maximum atomic E-state index is 6.01. The molecule has 1 N–H and O–H groups in total. The van der Waals surface area contributed by atoms with Crippen molar-refractivity contribution in [3.63, 3.8) is 0 Å². The molecule has 2 saturated carbocycles. The molecule has 3 rings (SSSR count). The minimum atomic E-state index is 0.497. The average Bonchev–Trinajstić information content (AvgIpc) is 2.94. The van der Waals surface area contributed by atoms with Crippen LogP contribution in [0.4, 0.5) is 0 Å². The fourth-order valence-electron chi connectivity index (χ4n) is 4.92. The van der Waals surface area contributed by atoms with Crippen LogP contribution in [-0.2, 0) is 4.74 Å². The Labute approximate surface area is 124 Å². The Balaban J connectivity index is 1.50. The van der Waals surface area contributed by atoms with Crippen molar-refractivity contribution in [2.24, 2.45) is 11.3 Å². The van der Waals surface area contributed by atoms with Gasteiger partial charge in [0.15, 0.2) is 0 Å². The van der Waals surface area contributed by atoms with Crippen LogP contribution < -0.4 is 5.32 Å². The van der Waals surface area contributed by atoms with Gasteiger partial charge in [0.1, 0.15) is 0 Å². The summed E-state index contributed by atoms with van der Waals surface area (Å²) in [6.07, 6.45) is 10.2. The number of hydrogen-bond acceptors (Lipinski definition) is 3. The van der Waals surface area contributed by atoms with Crippen LogP contribution in [0.5, 0.6) is 0 Å². The number of hydrogen-bond donors (Lipinski definition) is 1. The molecule has 1 spiro atoms. The largest absolute Gasteiger partial charge is 0.378 e. The van der Waals surface area contributed by atoms with Crippen LogP contribution in [0.3, 0.4) is 0 Å². The van der Waals surface area contributed by atoms with E-state index in [9.17, 15) is 0 Å². The van der Waals surface area contributed by atoms with Crippen molar-refractivity contribution in [1.82, 2.24) is 10.2 Å². The first-order valence-electron chi connectivity index (χ1n) is 8.78. The Hall–Kier alpha value is -0.120. The quantitative estimate of drug-likeness (QED) is 0.838. The lowest BCUT2D eigenvalue weighted by molar-refractivity contribution is -0.131. The summed E-state index contributed by atoms with van der Waals surface area (Å²) in [5.41, 5.74) is 0.497. The fourth-order valence-corrected chi connectivity index (χ4v) is 4.92. The minimum absolute atomic E-state index is 0.497. The van der Waals surface area contributed by atoms with E-state index in [2.05, 4.69) is 24.2 Å². The lowest BCUT2D eigenvalue weighted by Crippen LogP contribution is -2.63. The molecule has 1 aliphatic heterocycles. The summed E-state index contributed by atoms with van der Waals surface area (Å²) in [5, 5.41) is 3.92. The maximum Gasteiger partial charge on any atom is 0.0661 e. The molecule has 20 heavy (non-hydrogen) atoms. The average molecular weight is 280 g/mol. The monoisotopic (exact) mass is 280 g/mol. The summed E-state index contributed by atoms with van der Waals surface area (Å²) in [6.45, 7) is 6.81. The van der Waals surface area contributed by atoms with Crippen molar-refractivity contribution >= 4 is 0 Å². The Morgan fingerprint density at radius 1 is 1.25 bits per heavy atom. The third-order valence-electron chi connectivity index (χ3n) is 6.06. The van der Waals surface area contributed by atoms with Gasteiger partial charge in [0.05, 0.1) is 6.10 Å². The van der Waals surface area contributed by atoms with E-state index in [-0.39, 0.29) is 0 Å². The number of piperidine rings is 1. The standard InChI is InChI=1S/C17H32N2O/c1-3-20-16-11-15(17(16)8-4-5-9-17)18-12-14-7-6-10-19(2)13-14/h14-16,18H,3-13H2,1-2H3. The number of likely N-dealkylation sites (tertiary alicyclic amines) is 1. The second kappa shape index (κ2) is 6.33. The second-order valence-corrected chi connectivity index (χ2v) is 7.35. The first kappa shape index (κ1) is 14.8. The van der Waals surface area contributed by atoms with Gasteiger partial charge < -0.3 is 15.0 Å². The van der Waals surface area contributed by atoms with Crippen molar-refractivity contribution in [2.45, 2.75) is 64.0 Å². The van der Waals surface area contributed by atoms with Gasteiger partial charge in [-0.2, -0.15) is 0 Å². The molecule has 3 nitrogen and oxygen atoms in total. The van der Waals surface area contributed by atoms with Gasteiger partial charge in [-0.15, -0.1) is 0 Å². The SMILES string of the molecule is CCOC1CC(NCC2CCCN(C)C2)C12CCCC2. The van der Waals surface area contributed by atoms with Crippen molar-refractivity contribution < 1.29 is 4.74 Å². The highest BCUT2D eigenvalue weighted by Crippen LogP contribution is 2.54. The number of nitrogens with one attached hydrogen (secondary N) is 1. The third-order valence-corrected chi connectivity index (χ3v) is 6.06. The summed E-state index contributed by atoms with van der Waals surface area (Å²) >= 11 is 0. The summed E-state index contributed by atoms with van der Waals surface area (Å²) in [7, 11) is 2.26. The summed E-state index contributed by atoms with van der Waals surface area (Å²) in [5.74, 6) is 0.860. The molecule has 3 heteroatoms. The molecular weight excluding hydrogens is 248 g/mol. The van der Waals surface area contributed by atoms with Crippen LogP contribution in [0.25, 0.3) is 0 Å². The summed E-state index contributed by atoms with van der Waals surface area (Å²) in [4.78, 5) is 2.49. The lowest BCUT2D eigenvalue weighted by atomic mass is 9.60. The first-order valence-corrected chi connectivity index (χ1v) is 8.78. The van der Waals surface area contributed by atoms with Gasteiger partial charge in [-0.1, -0.05) is 12.8 Å². The zero-order valence-corrected chi connectivity index (χ0v) is 13.4. The van der Waals surface area contributed by atoms with Crippen LogP contribution in [0.1, 0.15) is 51.9 Å². The molecule has 0 radical (unpaired) electrons. The zero-order chi connectivity index (χ0) is 14.0. The van der Waals surface area contributed by atoms with Gasteiger partial charge in [-0.3, -0.25) is 0 Å². The van der Waals surface area contributed by atoms with E-state index in [1.54, 1.807) is 0 Å². The van der Waals surface area contributed by atoms with E-state index < -0.39 is 0 Å². The second-order valence-electron chi connectivity index (χ2n) is 7.35. The number of nitrogens with zero attached hydrogens (tertiary/aromatic N) is 1. The van der Waals surface area contributed by atoms with E-state index in [4.69, 9.17) is 4.74 Å². The molecule has 0 aromatic rings. The molecule has 0 aromatic heterocycles. The van der Waals surface area contributed by atoms with E-state index in [1.807, 2.05) is 0 Å². The topological polar surface area (TPSA) is 24.5 Å². The van der Waals surface area contributed by atoms with Gasteiger partial charge in [-0.05, 0) is 65.1 Å². The molecular formula is C17H32N2O. The summed E-state index contributed by atoms with van der Waals surface area (Å²) < 4.78 is 6.01. The van der Waals surface area contributed by atoms with Crippen LogP contribution in [0.2, 0.25) is 0 Å². The number of ether oxygens (including phenoxy) is 1. The maximum absolute atomic E-state index is 6.01. The van der Waals surface area contributed by atoms with E-state index in [0.717, 1.165) is 18.6 Å². The predicted molar refractivity (Wildman–Crippen MR) is 82.9 cm³/mol. The summed E-state index contributed by atoms with van der Waals surface area (Å²) in [6, 6.07) is 0.730. The Morgan fingerprint density at radius 3 is 2.75 bits per heavy atom. The van der Waals surface area contributed by atoms with Crippen molar-refractivity contribution in [1.29, 1.82) is 0 Å². The normalized spacial score (nSPS) is 37.2. The fraction of sp³-hybridized carbons (Fsp3) is 1.00. The third kappa shape index (κ3) is 2.77. The molecule has 1 saturated heterocycles. The number of rotatable bonds is 5. The minimum Gasteiger partial charge on any atom is -0.378 e. The van der Waals surface area contributed by atoms with E-state index >= 15 is 0 Å². The molecule has 3 fully saturated rings. The van der Waals surface area contributed by atoms with Crippen molar-refractivity contribution in [3.8, 4) is 0 Å². The molecule has 0 bridgehead atoms. The highest BCUT2D eigenvalue weighted by atomic mass is 16.5. The van der Waals surface area contributed by atoms with Crippen molar-refractivity contribution in [3.05, 3.63) is 0 Å². The molecule has 0 aromatic carbocycles. The Morgan fingerprint density at radius 2 is 2.05 bits per heavy atom. The molecule has 3 aliphatic rings. The highest BCUT2D eigenvalue weighted by Gasteiger charge is 2.56. The molecule has 3 atom stereocenters. The Kier molecular flexibility index (Phi) is 4.68. The van der Waals surface area contributed by atoms with Crippen LogP contribution in [-0.4, -0.2) is 50.3 Å². The van der Waals surface area contributed by atoms with Crippen molar-refractivity contribution in [2.75, 3.05) is 33.3 Å². The van der Waals surface area contributed by atoms with Gasteiger partial charge in [0.25, 0.3) is 0 Å². The molecule has 116 valence electrons.